The van der Waals surface area contributed by atoms with Gasteiger partial charge in [0.05, 0.1) is 11.4 Å². The molecule has 0 aliphatic heterocycles. The molecule has 2 aliphatic carbocycles. The Kier molecular flexibility index (Phi) is 4.85. The van der Waals surface area contributed by atoms with Gasteiger partial charge < -0.3 is 5.32 Å². The fourth-order valence-corrected chi connectivity index (χ4v) is 3.76. The van der Waals surface area contributed by atoms with E-state index in [1.165, 1.54) is 18.9 Å². The summed E-state index contributed by atoms with van der Waals surface area (Å²) in [4.78, 5) is 31.9. The van der Waals surface area contributed by atoms with Gasteiger partial charge in [0.25, 0.3) is 5.56 Å². The van der Waals surface area contributed by atoms with Crippen molar-refractivity contribution in [1.82, 2.24) is 19.7 Å². The molecule has 2 saturated carbocycles. The van der Waals surface area contributed by atoms with Crippen LogP contribution in [0.2, 0.25) is 0 Å². The highest BCUT2D eigenvalue weighted by molar-refractivity contribution is 5.90. The molecule has 0 aromatic carbocycles. The van der Waals surface area contributed by atoms with Gasteiger partial charge in [-0.05, 0) is 37.5 Å². The predicted octanol–water partition coefficient (Wildman–Crippen LogP) is 3.48. The van der Waals surface area contributed by atoms with Gasteiger partial charge in [-0.2, -0.15) is 9.78 Å². The Labute approximate surface area is 158 Å². The van der Waals surface area contributed by atoms with Crippen LogP contribution in [-0.2, 0) is 4.79 Å². The molecule has 2 aromatic rings. The Morgan fingerprint density at radius 2 is 2.00 bits per heavy atom. The lowest BCUT2D eigenvalue weighted by atomic mass is 10.0. The first kappa shape index (κ1) is 17.9. The van der Waals surface area contributed by atoms with Crippen molar-refractivity contribution < 1.29 is 4.79 Å². The molecular formula is C20H27N5O2. The number of carbonyl (C=O) groups is 1. The zero-order valence-electron chi connectivity index (χ0n) is 16.0. The molecule has 144 valence electrons. The number of anilines is 1. The molecule has 2 N–H and O–H groups in total. The highest BCUT2D eigenvalue weighted by atomic mass is 16.1. The molecule has 0 atom stereocenters. The minimum Gasteiger partial charge on any atom is -0.310 e. The van der Waals surface area contributed by atoms with Crippen molar-refractivity contribution in [2.24, 2.45) is 5.92 Å². The molecule has 1 amide bonds. The van der Waals surface area contributed by atoms with Crippen LogP contribution in [0.1, 0.15) is 82.0 Å². The minimum absolute atomic E-state index is 0.00718. The van der Waals surface area contributed by atoms with Crippen molar-refractivity contribution in [1.29, 1.82) is 0 Å². The summed E-state index contributed by atoms with van der Waals surface area (Å²) in [5.74, 6) is 2.00. The summed E-state index contributed by atoms with van der Waals surface area (Å²) in [6.07, 6.45) is 7.46. The van der Waals surface area contributed by atoms with E-state index in [1.807, 2.05) is 19.9 Å². The molecule has 0 spiro atoms. The molecule has 2 aliphatic rings. The first-order valence-corrected chi connectivity index (χ1v) is 10.0. The normalized spacial score (nSPS) is 17.6. The molecule has 0 unspecified atom stereocenters. The monoisotopic (exact) mass is 369 g/mol. The van der Waals surface area contributed by atoms with E-state index < -0.39 is 0 Å². The van der Waals surface area contributed by atoms with Gasteiger partial charge in [0.15, 0.2) is 0 Å². The van der Waals surface area contributed by atoms with Crippen molar-refractivity contribution in [3.8, 4) is 5.95 Å². The zero-order valence-corrected chi connectivity index (χ0v) is 16.0. The first-order chi connectivity index (χ1) is 13.0. The van der Waals surface area contributed by atoms with Gasteiger partial charge in [-0.25, -0.2) is 4.98 Å². The smallest absolute Gasteiger partial charge is 0.252 e. The van der Waals surface area contributed by atoms with Gasteiger partial charge >= 0.3 is 0 Å². The fourth-order valence-electron chi connectivity index (χ4n) is 3.76. The second-order valence-corrected chi connectivity index (χ2v) is 8.19. The average molecular weight is 369 g/mol. The van der Waals surface area contributed by atoms with Gasteiger partial charge in [-0.3, -0.25) is 14.6 Å². The van der Waals surface area contributed by atoms with Crippen LogP contribution in [0.4, 0.5) is 5.82 Å². The van der Waals surface area contributed by atoms with Crippen LogP contribution < -0.4 is 10.9 Å². The first-order valence-electron chi connectivity index (χ1n) is 10.0. The Morgan fingerprint density at radius 1 is 1.26 bits per heavy atom. The third-order valence-corrected chi connectivity index (χ3v) is 5.48. The van der Waals surface area contributed by atoms with Crippen molar-refractivity contribution in [3.63, 3.8) is 0 Å². The van der Waals surface area contributed by atoms with Crippen LogP contribution in [-0.4, -0.2) is 25.7 Å². The summed E-state index contributed by atoms with van der Waals surface area (Å²) in [5, 5.41) is 7.64. The number of amides is 1. The number of hydrogen-bond acceptors (Lipinski definition) is 4. The molecular weight excluding hydrogens is 342 g/mol. The molecule has 27 heavy (non-hydrogen) atoms. The molecule has 7 nitrogen and oxygen atoms in total. The van der Waals surface area contributed by atoms with Crippen LogP contribution in [0.15, 0.2) is 16.9 Å². The summed E-state index contributed by atoms with van der Waals surface area (Å²) in [7, 11) is 0. The topological polar surface area (TPSA) is 92.7 Å². The van der Waals surface area contributed by atoms with Gasteiger partial charge in [0, 0.05) is 24.5 Å². The number of aromatic amines is 1. The summed E-state index contributed by atoms with van der Waals surface area (Å²) in [6.45, 7) is 3.99. The third-order valence-electron chi connectivity index (χ3n) is 5.48. The Hall–Kier alpha value is -2.44. The summed E-state index contributed by atoms with van der Waals surface area (Å²) in [5.41, 5.74) is 1.44. The van der Waals surface area contributed by atoms with E-state index in [0.717, 1.165) is 31.4 Å². The Morgan fingerprint density at radius 3 is 2.67 bits per heavy atom. The number of nitrogens with one attached hydrogen (secondary N) is 2. The fraction of sp³-hybridized carbons (Fsp3) is 0.600. The number of carbonyl (C=O) groups excluding carboxylic acids is 1. The highest BCUT2D eigenvalue weighted by Crippen LogP contribution is 2.40. The Bertz CT molecular complexity index is 888. The van der Waals surface area contributed by atoms with E-state index in [1.54, 1.807) is 4.68 Å². The number of H-pyrrole nitrogens is 1. The van der Waals surface area contributed by atoms with Crippen molar-refractivity contribution in [2.75, 3.05) is 5.32 Å². The van der Waals surface area contributed by atoms with E-state index in [0.29, 0.717) is 35.7 Å². The van der Waals surface area contributed by atoms with Crippen molar-refractivity contribution >= 4 is 11.7 Å². The van der Waals surface area contributed by atoms with E-state index in [4.69, 9.17) is 0 Å². The van der Waals surface area contributed by atoms with Crippen LogP contribution in [0, 0.1) is 5.92 Å². The maximum Gasteiger partial charge on any atom is 0.252 e. The molecule has 7 heteroatoms. The SMILES string of the molecule is CC(C)c1cc(=O)[nH]c(-n2nc(C3CC3)cc2NC(=O)CC2CCCC2)n1. The minimum atomic E-state index is -0.213. The van der Waals surface area contributed by atoms with Crippen molar-refractivity contribution in [3.05, 3.63) is 33.9 Å². The zero-order chi connectivity index (χ0) is 19.0. The number of rotatable bonds is 6. The van der Waals surface area contributed by atoms with Crippen LogP contribution in [0.3, 0.4) is 0 Å². The second-order valence-electron chi connectivity index (χ2n) is 8.19. The van der Waals surface area contributed by atoms with Crippen molar-refractivity contribution in [2.45, 2.75) is 70.6 Å². The predicted molar refractivity (Wildman–Crippen MR) is 103 cm³/mol. The summed E-state index contributed by atoms with van der Waals surface area (Å²) < 4.78 is 1.58. The lowest BCUT2D eigenvalue weighted by molar-refractivity contribution is -0.117. The third kappa shape index (κ3) is 4.12. The van der Waals surface area contributed by atoms with Gasteiger partial charge in [0.1, 0.15) is 5.82 Å². The largest absolute Gasteiger partial charge is 0.310 e. The molecule has 0 saturated heterocycles. The van der Waals surface area contributed by atoms with E-state index in [9.17, 15) is 9.59 Å². The lowest BCUT2D eigenvalue weighted by Crippen LogP contribution is -2.20. The molecule has 0 bridgehead atoms. The number of nitrogens with zero attached hydrogens (tertiary/aromatic N) is 3. The van der Waals surface area contributed by atoms with Crippen LogP contribution in [0.25, 0.3) is 5.95 Å². The van der Waals surface area contributed by atoms with E-state index in [-0.39, 0.29) is 17.4 Å². The van der Waals surface area contributed by atoms with Gasteiger partial charge in [-0.1, -0.05) is 26.7 Å². The second kappa shape index (κ2) is 7.29. The molecule has 0 radical (unpaired) electrons. The summed E-state index contributed by atoms with van der Waals surface area (Å²) in [6, 6.07) is 3.43. The maximum atomic E-state index is 12.5. The highest BCUT2D eigenvalue weighted by Gasteiger charge is 2.29. The van der Waals surface area contributed by atoms with Crippen LogP contribution in [0.5, 0.6) is 0 Å². The molecule has 2 heterocycles. The van der Waals surface area contributed by atoms with Crippen LogP contribution >= 0.6 is 0 Å². The number of hydrogen-bond donors (Lipinski definition) is 2. The molecule has 2 fully saturated rings. The van der Waals surface area contributed by atoms with E-state index >= 15 is 0 Å². The van der Waals surface area contributed by atoms with Gasteiger partial charge in [0.2, 0.25) is 11.9 Å². The molecule has 4 rings (SSSR count). The summed E-state index contributed by atoms with van der Waals surface area (Å²) >= 11 is 0. The Balaban J connectivity index is 1.63. The maximum absolute atomic E-state index is 12.5. The quantitative estimate of drug-likeness (QED) is 0.815. The van der Waals surface area contributed by atoms with Gasteiger partial charge in [-0.15, -0.1) is 0 Å². The molecule has 2 aromatic heterocycles. The lowest BCUT2D eigenvalue weighted by Gasteiger charge is -2.12. The average Bonchev–Trinajstić information content (AvgIpc) is 3.19. The standard InChI is InChI=1S/C20H27N5O2/c1-12(2)15-11-19(27)23-20(21-15)25-17(10-16(24-25)14-7-8-14)22-18(26)9-13-5-3-4-6-13/h10-14H,3-9H2,1-2H3,(H,22,26)(H,21,23,27). The number of aromatic nitrogens is 4. The van der Waals surface area contributed by atoms with E-state index in [2.05, 4.69) is 20.4 Å².